The molecule has 2 aromatic carbocycles. The van der Waals surface area contributed by atoms with E-state index in [9.17, 15) is 4.79 Å². The van der Waals surface area contributed by atoms with Crippen molar-refractivity contribution in [3.63, 3.8) is 0 Å². The fourth-order valence-corrected chi connectivity index (χ4v) is 3.90. The zero-order valence-corrected chi connectivity index (χ0v) is 18.2. The van der Waals surface area contributed by atoms with Gasteiger partial charge in [0.2, 0.25) is 0 Å². The minimum atomic E-state index is -0.315. The van der Waals surface area contributed by atoms with Crippen molar-refractivity contribution < 1.29 is 9.53 Å². The van der Waals surface area contributed by atoms with E-state index < -0.39 is 0 Å². The number of carbonyl (C=O) groups is 1. The monoisotopic (exact) mass is 484 g/mol. The first-order valence-electron chi connectivity index (χ1n) is 8.09. The Labute approximate surface area is 179 Å². The smallest absolute Gasteiger partial charge is 0.264 e. The summed E-state index contributed by atoms with van der Waals surface area (Å²) < 4.78 is 6.46. The standard InChI is InChI=1S/C19H15BrCl2N2O2S/c1-2-16-18(11-3-5-12(20)6-4-11)24-19(27-16)23-17(25)10-26-15-9-13(21)7-8-14(15)22/h3-9H,2,10H2,1H3,(H,23,24,25). The lowest BCUT2D eigenvalue weighted by atomic mass is 10.1. The second-order valence-electron chi connectivity index (χ2n) is 5.56. The Hall–Kier alpha value is -1.60. The molecule has 3 rings (SSSR count). The third-order valence-corrected chi connectivity index (χ3v) is 5.83. The number of rotatable bonds is 6. The molecule has 4 nitrogen and oxygen atoms in total. The predicted octanol–water partition coefficient (Wildman–Crippen LogP) is 6.46. The molecular weight excluding hydrogens is 471 g/mol. The van der Waals surface area contributed by atoms with E-state index in [4.69, 9.17) is 27.9 Å². The molecule has 1 aromatic heterocycles. The zero-order chi connectivity index (χ0) is 19.4. The van der Waals surface area contributed by atoms with Gasteiger partial charge in [0.25, 0.3) is 5.91 Å². The van der Waals surface area contributed by atoms with Crippen molar-refractivity contribution in [2.75, 3.05) is 11.9 Å². The maximum Gasteiger partial charge on any atom is 0.264 e. The van der Waals surface area contributed by atoms with Gasteiger partial charge in [-0.05, 0) is 30.7 Å². The summed E-state index contributed by atoms with van der Waals surface area (Å²) in [5.41, 5.74) is 1.89. The number of halogens is 3. The van der Waals surface area contributed by atoms with Crippen LogP contribution in [-0.2, 0) is 11.2 Å². The number of hydrogen-bond acceptors (Lipinski definition) is 4. The van der Waals surface area contributed by atoms with Gasteiger partial charge in [0, 0.05) is 26.0 Å². The third kappa shape index (κ3) is 5.23. The maximum absolute atomic E-state index is 12.2. The lowest BCUT2D eigenvalue weighted by molar-refractivity contribution is -0.118. The van der Waals surface area contributed by atoms with Gasteiger partial charge < -0.3 is 4.74 Å². The van der Waals surface area contributed by atoms with Crippen molar-refractivity contribution in [2.45, 2.75) is 13.3 Å². The normalized spacial score (nSPS) is 10.7. The topological polar surface area (TPSA) is 51.2 Å². The molecule has 1 heterocycles. The molecular formula is C19H15BrCl2N2O2S. The highest BCUT2D eigenvalue weighted by atomic mass is 79.9. The van der Waals surface area contributed by atoms with Gasteiger partial charge in [0.05, 0.1) is 10.7 Å². The van der Waals surface area contributed by atoms with Crippen molar-refractivity contribution in [1.29, 1.82) is 0 Å². The molecule has 1 amide bonds. The number of carbonyl (C=O) groups excluding carboxylic acids is 1. The number of nitrogens with one attached hydrogen (secondary N) is 1. The predicted molar refractivity (Wildman–Crippen MR) is 115 cm³/mol. The molecule has 1 N–H and O–H groups in total. The van der Waals surface area contributed by atoms with Gasteiger partial charge in [-0.3, -0.25) is 10.1 Å². The van der Waals surface area contributed by atoms with Crippen LogP contribution in [0.25, 0.3) is 11.3 Å². The van der Waals surface area contributed by atoms with Gasteiger partial charge in [-0.25, -0.2) is 4.98 Å². The molecule has 0 fully saturated rings. The Bertz CT molecular complexity index is 961. The zero-order valence-electron chi connectivity index (χ0n) is 14.3. The summed E-state index contributed by atoms with van der Waals surface area (Å²) in [6.07, 6.45) is 0.827. The van der Waals surface area contributed by atoms with E-state index in [1.165, 1.54) is 11.3 Å². The molecule has 3 aromatic rings. The highest BCUT2D eigenvalue weighted by molar-refractivity contribution is 9.10. The van der Waals surface area contributed by atoms with Crippen molar-refractivity contribution in [1.82, 2.24) is 4.98 Å². The number of ether oxygens (including phenoxy) is 1. The van der Waals surface area contributed by atoms with Crippen molar-refractivity contribution in [3.8, 4) is 17.0 Å². The molecule has 0 radical (unpaired) electrons. The first-order valence-corrected chi connectivity index (χ1v) is 10.5. The molecule has 0 aliphatic carbocycles. The van der Waals surface area contributed by atoms with E-state index in [1.807, 2.05) is 24.3 Å². The third-order valence-electron chi connectivity index (χ3n) is 3.63. The van der Waals surface area contributed by atoms with E-state index in [1.54, 1.807) is 18.2 Å². The minimum absolute atomic E-state index is 0.186. The van der Waals surface area contributed by atoms with Crippen LogP contribution in [-0.4, -0.2) is 17.5 Å². The Morgan fingerprint density at radius 1 is 1.22 bits per heavy atom. The van der Waals surface area contributed by atoms with Gasteiger partial charge in [-0.1, -0.05) is 58.2 Å². The van der Waals surface area contributed by atoms with Crippen molar-refractivity contribution >= 4 is 61.5 Å². The first kappa shape index (κ1) is 20.1. The van der Waals surface area contributed by atoms with Gasteiger partial charge in [0.1, 0.15) is 5.75 Å². The summed E-state index contributed by atoms with van der Waals surface area (Å²) in [4.78, 5) is 17.9. The summed E-state index contributed by atoms with van der Waals surface area (Å²) >= 11 is 16.8. The Morgan fingerprint density at radius 3 is 2.67 bits per heavy atom. The molecule has 0 saturated carbocycles. The van der Waals surface area contributed by atoms with Gasteiger partial charge in [-0.2, -0.15) is 0 Å². The highest BCUT2D eigenvalue weighted by Crippen LogP contribution is 2.32. The average Bonchev–Trinajstić information content (AvgIpc) is 3.06. The molecule has 140 valence electrons. The van der Waals surface area contributed by atoms with Crippen molar-refractivity contribution in [2.24, 2.45) is 0 Å². The molecule has 0 saturated heterocycles. The van der Waals surface area contributed by atoms with Crippen LogP contribution in [0.1, 0.15) is 11.8 Å². The quantitative estimate of drug-likeness (QED) is 0.435. The second-order valence-corrected chi connectivity index (χ2v) is 8.41. The molecule has 27 heavy (non-hydrogen) atoms. The van der Waals surface area contributed by atoms with Crippen LogP contribution in [0.4, 0.5) is 5.13 Å². The molecule has 0 aliphatic heterocycles. The Kier molecular flexibility index (Phi) is 6.76. The SMILES string of the molecule is CCc1sc(NC(=O)COc2cc(Cl)ccc2Cl)nc1-c1ccc(Br)cc1. The summed E-state index contributed by atoms with van der Waals surface area (Å²) in [5.74, 6) is 0.0491. The highest BCUT2D eigenvalue weighted by Gasteiger charge is 2.14. The number of aryl methyl sites for hydroxylation is 1. The van der Waals surface area contributed by atoms with Gasteiger partial charge in [0.15, 0.2) is 11.7 Å². The molecule has 0 aliphatic rings. The number of nitrogens with zero attached hydrogens (tertiary/aromatic N) is 1. The van der Waals surface area contributed by atoms with Crippen LogP contribution in [0.5, 0.6) is 5.75 Å². The van der Waals surface area contributed by atoms with Gasteiger partial charge in [-0.15, -0.1) is 11.3 Å². The van der Waals surface area contributed by atoms with E-state index in [2.05, 4.69) is 33.2 Å². The van der Waals surface area contributed by atoms with E-state index in [0.29, 0.717) is 20.9 Å². The molecule has 0 bridgehead atoms. The Morgan fingerprint density at radius 2 is 1.96 bits per heavy atom. The largest absolute Gasteiger partial charge is 0.482 e. The number of anilines is 1. The van der Waals surface area contributed by atoms with Crippen LogP contribution in [0, 0.1) is 0 Å². The first-order chi connectivity index (χ1) is 13.0. The van der Waals surface area contributed by atoms with Gasteiger partial charge >= 0.3 is 0 Å². The van der Waals surface area contributed by atoms with Crippen LogP contribution in [0.3, 0.4) is 0 Å². The number of amides is 1. The summed E-state index contributed by atoms with van der Waals surface area (Å²) in [6.45, 7) is 1.88. The van der Waals surface area contributed by atoms with Crippen LogP contribution in [0.2, 0.25) is 10.0 Å². The van der Waals surface area contributed by atoms with Crippen LogP contribution >= 0.6 is 50.5 Å². The average molecular weight is 486 g/mol. The Balaban J connectivity index is 1.69. The summed E-state index contributed by atoms with van der Waals surface area (Å²) in [6, 6.07) is 12.8. The fraction of sp³-hybridized carbons (Fsp3) is 0.158. The fourth-order valence-electron chi connectivity index (χ4n) is 2.36. The number of thiazole rings is 1. The minimum Gasteiger partial charge on any atom is -0.482 e. The molecule has 0 spiro atoms. The van der Waals surface area contributed by atoms with Crippen LogP contribution in [0.15, 0.2) is 46.9 Å². The number of benzene rings is 2. The molecule has 0 unspecified atom stereocenters. The molecule has 8 heteroatoms. The summed E-state index contributed by atoms with van der Waals surface area (Å²) in [5, 5.41) is 4.20. The maximum atomic E-state index is 12.2. The second kappa shape index (κ2) is 9.06. The molecule has 0 atom stereocenters. The van der Waals surface area contributed by atoms with E-state index >= 15 is 0 Å². The van der Waals surface area contributed by atoms with Crippen LogP contribution < -0.4 is 10.1 Å². The lowest BCUT2D eigenvalue weighted by Crippen LogP contribution is -2.20. The lowest BCUT2D eigenvalue weighted by Gasteiger charge is -2.07. The van der Waals surface area contributed by atoms with E-state index in [0.717, 1.165) is 27.0 Å². The number of hydrogen-bond donors (Lipinski definition) is 1. The van der Waals surface area contributed by atoms with E-state index in [-0.39, 0.29) is 12.5 Å². The number of aromatic nitrogens is 1. The van der Waals surface area contributed by atoms with Crippen molar-refractivity contribution in [3.05, 3.63) is 61.9 Å². The summed E-state index contributed by atoms with van der Waals surface area (Å²) in [7, 11) is 0.